The number of fused-ring (bicyclic) bond motifs is 1. The first-order valence-electron chi connectivity index (χ1n) is 8.22. The molecule has 1 fully saturated rings. The summed E-state index contributed by atoms with van der Waals surface area (Å²) in [6.45, 7) is 1.99. The van der Waals surface area contributed by atoms with Gasteiger partial charge in [-0.1, -0.05) is 12.1 Å². The third-order valence-corrected chi connectivity index (χ3v) is 4.47. The third-order valence-electron chi connectivity index (χ3n) is 4.47. The SMILES string of the molecule is CNC(=O)C1CN(C)CCN(C(=O)c2cc(=O)c3ccccc3o2)C1. The summed E-state index contributed by atoms with van der Waals surface area (Å²) in [5, 5.41) is 3.08. The highest BCUT2D eigenvalue weighted by atomic mass is 16.3. The van der Waals surface area contributed by atoms with Gasteiger partial charge in [-0.15, -0.1) is 0 Å². The van der Waals surface area contributed by atoms with E-state index in [1.807, 2.05) is 11.9 Å². The summed E-state index contributed by atoms with van der Waals surface area (Å²) in [7, 11) is 3.50. The molecule has 0 saturated carbocycles. The monoisotopic (exact) mass is 343 g/mol. The molecular formula is C18H21N3O4. The summed E-state index contributed by atoms with van der Waals surface area (Å²) in [6, 6.07) is 8.06. The van der Waals surface area contributed by atoms with Crippen molar-refractivity contribution in [3.63, 3.8) is 0 Å². The molecule has 7 heteroatoms. The van der Waals surface area contributed by atoms with Crippen LogP contribution in [0.3, 0.4) is 0 Å². The molecule has 1 unspecified atom stereocenters. The minimum atomic E-state index is -0.368. The van der Waals surface area contributed by atoms with Gasteiger partial charge in [0.1, 0.15) is 5.58 Å². The molecule has 1 aromatic carbocycles. The Morgan fingerprint density at radius 1 is 1.20 bits per heavy atom. The van der Waals surface area contributed by atoms with E-state index in [-0.39, 0.29) is 28.9 Å². The van der Waals surface area contributed by atoms with Crippen LogP contribution < -0.4 is 10.7 Å². The number of benzene rings is 1. The van der Waals surface area contributed by atoms with Gasteiger partial charge in [-0.3, -0.25) is 14.4 Å². The van der Waals surface area contributed by atoms with E-state index < -0.39 is 0 Å². The molecule has 0 spiro atoms. The fraction of sp³-hybridized carbons (Fsp3) is 0.389. The maximum Gasteiger partial charge on any atom is 0.289 e. The predicted molar refractivity (Wildman–Crippen MR) is 93.4 cm³/mol. The number of rotatable bonds is 2. The topological polar surface area (TPSA) is 82.9 Å². The maximum absolute atomic E-state index is 12.9. The Morgan fingerprint density at radius 2 is 1.96 bits per heavy atom. The highest BCUT2D eigenvalue weighted by Gasteiger charge is 2.30. The van der Waals surface area contributed by atoms with Crippen molar-refractivity contribution < 1.29 is 14.0 Å². The zero-order chi connectivity index (χ0) is 18.0. The first-order valence-corrected chi connectivity index (χ1v) is 8.22. The lowest BCUT2D eigenvalue weighted by atomic mass is 10.1. The van der Waals surface area contributed by atoms with Crippen LogP contribution in [0.2, 0.25) is 0 Å². The van der Waals surface area contributed by atoms with Crippen molar-refractivity contribution in [2.24, 2.45) is 5.92 Å². The van der Waals surface area contributed by atoms with Gasteiger partial charge in [0.2, 0.25) is 5.91 Å². The van der Waals surface area contributed by atoms with Gasteiger partial charge < -0.3 is 19.5 Å². The minimum absolute atomic E-state index is 0.00362. The number of amides is 2. The summed E-state index contributed by atoms with van der Waals surface area (Å²) in [6.07, 6.45) is 0. The fourth-order valence-corrected chi connectivity index (χ4v) is 3.09. The van der Waals surface area contributed by atoms with Crippen LogP contribution in [-0.4, -0.2) is 61.9 Å². The van der Waals surface area contributed by atoms with E-state index in [2.05, 4.69) is 5.32 Å². The largest absolute Gasteiger partial charge is 0.451 e. The van der Waals surface area contributed by atoms with E-state index >= 15 is 0 Å². The maximum atomic E-state index is 12.9. The van der Waals surface area contributed by atoms with Crippen LogP contribution in [0.5, 0.6) is 0 Å². The molecule has 132 valence electrons. The summed E-state index contributed by atoms with van der Waals surface area (Å²) >= 11 is 0. The molecule has 1 N–H and O–H groups in total. The van der Waals surface area contributed by atoms with Crippen LogP contribution in [-0.2, 0) is 4.79 Å². The summed E-state index contributed by atoms with van der Waals surface area (Å²) in [5.74, 6) is -0.795. The summed E-state index contributed by atoms with van der Waals surface area (Å²) < 4.78 is 5.64. The number of nitrogens with zero attached hydrogens (tertiary/aromatic N) is 2. The van der Waals surface area contributed by atoms with E-state index in [0.717, 1.165) is 0 Å². The average Bonchev–Trinajstić information content (AvgIpc) is 2.82. The molecule has 1 saturated heterocycles. The van der Waals surface area contributed by atoms with Gasteiger partial charge in [-0.2, -0.15) is 0 Å². The lowest BCUT2D eigenvalue weighted by Gasteiger charge is -2.22. The molecule has 0 aliphatic carbocycles. The standard InChI is InChI=1S/C18H21N3O4/c1-19-17(23)12-10-20(2)7-8-21(11-12)18(24)16-9-14(22)13-5-3-4-6-15(13)25-16/h3-6,9,12H,7-8,10-11H2,1-2H3,(H,19,23). The molecule has 1 aliphatic heterocycles. The second-order valence-corrected chi connectivity index (χ2v) is 6.30. The molecule has 3 rings (SSSR count). The Kier molecular flexibility index (Phi) is 4.85. The molecule has 1 aromatic heterocycles. The second-order valence-electron chi connectivity index (χ2n) is 6.30. The summed E-state index contributed by atoms with van der Waals surface area (Å²) in [5.41, 5.74) is 0.133. The smallest absolute Gasteiger partial charge is 0.289 e. The normalized spacial score (nSPS) is 18.8. The Morgan fingerprint density at radius 3 is 2.72 bits per heavy atom. The van der Waals surface area contributed by atoms with Gasteiger partial charge in [0.25, 0.3) is 5.91 Å². The molecule has 2 heterocycles. The third kappa shape index (κ3) is 3.56. The number of likely N-dealkylation sites (N-methyl/N-ethyl adjacent to an activating group) is 1. The van der Waals surface area contributed by atoms with E-state index in [1.165, 1.54) is 6.07 Å². The van der Waals surface area contributed by atoms with Crippen LogP contribution in [0.25, 0.3) is 11.0 Å². The molecule has 25 heavy (non-hydrogen) atoms. The Bertz CT molecular complexity index is 861. The number of para-hydroxylation sites is 1. The first kappa shape index (κ1) is 17.2. The van der Waals surface area contributed by atoms with E-state index in [4.69, 9.17) is 4.42 Å². The molecule has 1 aliphatic rings. The van der Waals surface area contributed by atoms with Gasteiger partial charge >= 0.3 is 0 Å². The lowest BCUT2D eigenvalue weighted by molar-refractivity contribution is -0.125. The van der Waals surface area contributed by atoms with Crippen molar-refractivity contribution in [2.75, 3.05) is 40.3 Å². The van der Waals surface area contributed by atoms with Crippen LogP contribution >= 0.6 is 0 Å². The summed E-state index contributed by atoms with van der Waals surface area (Å²) in [4.78, 5) is 40.7. The zero-order valence-electron chi connectivity index (χ0n) is 14.3. The minimum Gasteiger partial charge on any atom is -0.451 e. The molecule has 7 nitrogen and oxygen atoms in total. The van der Waals surface area contributed by atoms with Crippen LogP contribution in [0.4, 0.5) is 0 Å². The van der Waals surface area contributed by atoms with Crippen LogP contribution in [0, 0.1) is 5.92 Å². The number of carbonyl (C=O) groups is 2. The first-order chi connectivity index (χ1) is 12.0. The van der Waals surface area contributed by atoms with E-state index in [9.17, 15) is 14.4 Å². The molecular weight excluding hydrogens is 322 g/mol. The molecule has 0 bridgehead atoms. The number of hydrogen-bond donors (Lipinski definition) is 1. The molecule has 1 atom stereocenters. The predicted octanol–water partition coefficient (Wildman–Crippen LogP) is 0.543. The van der Waals surface area contributed by atoms with Crippen molar-refractivity contribution in [2.45, 2.75) is 0 Å². The average molecular weight is 343 g/mol. The van der Waals surface area contributed by atoms with Gasteiger partial charge in [-0.25, -0.2) is 0 Å². The van der Waals surface area contributed by atoms with Crippen molar-refractivity contribution in [3.8, 4) is 0 Å². The molecule has 0 radical (unpaired) electrons. The van der Waals surface area contributed by atoms with Crippen molar-refractivity contribution in [1.29, 1.82) is 0 Å². The lowest BCUT2D eigenvalue weighted by Crippen LogP contribution is -2.41. The van der Waals surface area contributed by atoms with Crippen molar-refractivity contribution >= 4 is 22.8 Å². The Balaban J connectivity index is 1.91. The van der Waals surface area contributed by atoms with Gasteiger partial charge in [0.15, 0.2) is 11.2 Å². The molecule has 2 amide bonds. The van der Waals surface area contributed by atoms with Crippen LogP contribution in [0.15, 0.2) is 39.5 Å². The quantitative estimate of drug-likeness (QED) is 0.861. The number of nitrogens with one attached hydrogen (secondary N) is 1. The van der Waals surface area contributed by atoms with Gasteiger partial charge in [0.05, 0.1) is 11.3 Å². The van der Waals surface area contributed by atoms with Crippen molar-refractivity contribution in [1.82, 2.24) is 15.1 Å². The number of hydrogen-bond acceptors (Lipinski definition) is 5. The number of carbonyl (C=O) groups excluding carboxylic acids is 2. The van der Waals surface area contributed by atoms with E-state index in [0.29, 0.717) is 37.1 Å². The Hall–Kier alpha value is -2.67. The van der Waals surface area contributed by atoms with E-state index in [1.54, 1.807) is 36.2 Å². The Labute approximate surface area is 145 Å². The fourth-order valence-electron chi connectivity index (χ4n) is 3.09. The highest BCUT2D eigenvalue weighted by Crippen LogP contribution is 2.16. The van der Waals surface area contributed by atoms with Crippen molar-refractivity contribution in [3.05, 3.63) is 46.3 Å². The second kappa shape index (κ2) is 7.06. The highest BCUT2D eigenvalue weighted by molar-refractivity contribution is 5.93. The van der Waals surface area contributed by atoms with Gasteiger partial charge in [0, 0.05) is 39.3 Å². The zero-order valence-corrected chi connectivity index (χ0v) is 14.3. The molecule has 2 aromatic rings. The van der Waals surface area contributed by atoms with Gasteiger partial charge in [-0.05, 0) is 19.2 Å². The van der Waals surface area contributed by atoms with Crippen LogP contribution in [0.1, 0.15) is 10.6 Å².